The van der Waals surface area contributed by atoms with E-state index in [0.717, 1.165) is 0 Å². The average Bonchev–Trinajstić information content (AvgIpc) is 3.20. The molecule has 0 aliphatic carbocycles. The first kappa shape index (κ1) is 19.2. The van der Waals surface area contributed by atoms with E-state index in [4.69, 9.17) is 4.74 Å². The van der Waals surface area contributed by atoms with Crippen LogP contribution in [0.4, 0.5) is 8.78 Å². The van der Waals surface area contributed by atoms with Crippen LogP contribution in [0.25, 0.3) is 17.0 Å². The first-order valence-corrected chi connectivity index (χ1v) is 8.79. The van der Waals surface area contributed by atoms with Gasteiger partial charge >= 0.3 is 6.61 Å². The normalized spacial score (nSPS) is 11.8. The summed E-state index contributed by atoms with van der Waals surface area (Å²) in [6, 6.07) is 15.1. The van der Waals surface area contributed by atoms with E-state index in [2.05, 4.69) is 25.1 Å². The molecule has 2 aromatic carbocycles. The third-order valence-electron chi connectivity index (χ3n) is 4.21. The molecule has 0 atom stereocenters. The zero-order chi connectivity index (χ0) is 20.9. The number of rotatable bonds is 7. The van der Waals surface area contributed by atoms with Crippen LogP contribution in [0.15, 0.2) is 72.1 Å². The highest BCUT2D eigenvalue weighted by Gasteiger charge is 2.15. The van der Waals surface area contributed by atoms with Crippen molar-refractivity contribution >= 4 is 11.4 Å². The van der Waals surface area contributed by atoms with E-state index < -0.39 is 6.61 Å². The van der Waals surface area contributed by atoms with E-state index in [1.54, 1.807) is 28.7 Å². The van der Waals surface area contributed by atoms with Crippen LogP contribution in [-0.2, 0) is 0 Å². The zero-order valence-electron chi connectivity index (χ0n) is 15.4. The van der Waals surface area contributed by atoms with Gasteiger partial charge in [0.25, 0.3) is 0 Å². The van der Waals surface area contributed by atoms with Gasteiger partial charge in [-0.05, 0) is 24.3 Å². The quantitative estimate of drug-likeness (QED) is 0.283. The molecule has 0 spiro atoms. The maximum absolute atomic E-state index is 12.4. The number of oxime groups is 1. The number of nitrogens with zero attached hydrogens (tertiary/aromatic N) is 5. The Kier molecular flexibility index (Phi) is 5.46. The minimum absolute atomic E-state index is 0.0277. The van der Waals surface area contributed by atoms with Gasteiger partial charge in [-0.2, -0.15) is 8.78 Å². The van der Waals surface area contributed by atoms with Gasteiger partial charge in [0, 0.05) is 11.1 Å². The van der Waals surface area contributed by atoms with Crippen molar-refractivity contribution in [3.8, 4) is 23.0 Å². The molecule has 0 aliphatic heterocycles. The van der Waals surface area contributed by atoms with Crippen LogP contribution < -0.4 is 9.47 Å². The van der Waals surface area contributed by atoms with E-state index >= 15 is 0 Å². The molecule has 0 amide bonds. The second-order valence-corrected chi connectivity index (χ2v) is 6.07. The second-order valence-electron chi connectivity index (χ2n) is 6.07. The Balaban J connectivity index is 1.63. The molecule has 0 aliphatic rings. The van der Waals surface area contributed by atoms with Crippen molar-refractivity contribution in [2.75, 3.05) is 6.61 Å². The molecule has 0 unspecified atom stereocenters. The zero-order valence-corrected chi connectivity index (χ0v) is 15.4. The molecule has 0 radical (unpaired) electrons. The fourth-order valence-electron chi connectivity index (χ4n) is 2.84. The summed E-state index contributed by atoms with van der Waals surface area (Å²) in [6.07, 6.45) is 2.99. The Morgan fingerprint density at radius 1 is 1.03 bits per heavy atom. The Morgan fingerprint density at radius 2 is 1.80 bits per heavy atom. The monoisotopic (exact) mass is 411 g/mol. The maximum atomic E-state index is 12.4. The summed E-state index contributed by atoms with van der Waals surface area (Å²) in [4.78, 5) is 4.09. The largest absolute Gasteiger partial charge is 0.471 e. The molecule has 2 aromatic heterocycles. The maximum Gasteiger partial charge on any atom is 0.387 e. The van der Waals surface area contributed by atoms with Crippen LogP contribution in [0.5, 0.6) is 11.6 Å². The average molecular weight is 411 g/mol. The summed E-state index contributed by atoms with van der Waals surface area (Å²) in [7, 11) is 0. The van der Waals surface area contributed by atoms with Crippen LogP contribution in [0.2, 0.25) is 0 Å². The third-order valence-corrected chi connectivity index (χ3v) is 4.21. The Labute approximate surface area is 169 Å². The van der Waals surface area contributed by atoms with Gasteiger partial charge in [0.1, 0.15) is 18.1 Å². The smallest absolute Gasteiger partial charge is 0.387 e. The number of aromatic nitrogens is 4. The highest BCUT2D eigenvalue weighted by Crippen LogP contribution is 2.25. The number of hydrogen-bond acceptors (Lipinski definition) is 7. The molecule has 0 fully saturated rings. The minimum atomic E-state index is -2.90. The second kappa shape index (κ2) is 8.52. The van der Waals surface area contributed by atoms with Gasteiger partial charge in [-0.3, -0.25) is 4.98 Å². The molecule has 0 saturated carbocycles. The molecule has 0 bridgehead atoms. The van der Waals surface area contributed by atoms with E-state index in [1.165, 1.54) is 24.5 Å². The van der Waals surface area contributed by atoms with Crippen LogP contribution >= 0.6 is 0 Å². The number of benzene rings is 2. The molecule has 30 heavy (non-hydrogen) atoms. The van der Waals surface area contributed by atoms with Gasteiger partial charge in [0.05, 0.1) is 12.4 Å². The summed E-state index contributed by atoms with van der Waals surface area (Å²) in [5, 5.41) is 20.9. The lowest BCUT2D eigenvalue weighted by Gasteiger charge is -2.11. The van der Waals surface area contributed by atoms with Crippen molar-refractivity contribution in [2.24, 2.45) is 5.16 Å². The fraction of sp³-hybridized carbons (Fsp3) is 0.100. The number of halogens is 2. The lowest BCUT2D eigenvalue weighted by Crippen LogP contribution is -2.14. The van der Waals surface area contributed by atoms with Crippen molar-refractivity contribution in [1.29, 1.82) is 0 Å². The van der Waals surface area contributed by atoms with Crippen molar-refractivity contribution in [3.63, 3.8) is 0 Å². The van der Waals surface area contributed by atoms with Gasteiger partial charge in [0.2, 0.25) is 5.88 Å². The summed E-state index contributed by atoms with van der Waals surface area (Å²) >= 11 is 0. The summed E-state index contributed by atoms with van der Waals surface area (Å²) in [6.45, 7) is -2.93. The summed E-state index contributed by atoms with van der Waals surface area (Å²) < 4.78 is 36.5. The number of hydrogen-bond donors (Lipinski definition) is 1. The molecular weight excluding hydrogens is 396 g/mol. The van der Waals surface area contributed by atoms with E-state index in [0.29, 0.717) is 34.2 Å². The SMILES string of the molecule is ON=C(COc1cncc2nnc(-c3ccc(OC(F)F)cc3)n12)c1ccccc1. The molecule has 8 nitrogen and oxygen atoms in total. The number of ether oxygens (including phenoxy) is 2. The lowest BCUT2D eigenvalue weighted by molar-refractivity contribution is -0.0498. The van der Waals surface area contributed by atoms with Crippen LogP contribution in [0.1, 0.15) is 5.56 Å². The highest BCUT2D eigenvalue weighted by molar-refractivity contribution is 6.01. The number of alkyl halides is 2. The van der Waals surface area contributed by atoms with Gasteiger partial charge in [-0.25, -0.2) is 4.40 Å². The Bertz CT molecular complexity index is 1160. The van der Waals surface area contributed by atoms with E-state index in [9.17, 15) is 14.0 Å². The molecule has 152 valence electrons. The van der Waals surface area contributed by atoms with Gasteiger partial charge < -0.3 is 14.7 Å². The Morgan fingerprint density at radius 3 is 2.50 bits per heavy atom. The molecule has 4 rings (SSSR count). The fourth-order valence-corrected chi connectivity index (χ4v) is 2.84. The number of fused-ring (bicyclic) bond motifs is 1. The van der Waals surface area contributed by atoms with Crippen molar-refractivity contribution in [1.82, 2.24) is 19.6 Å². The predicted octanol–water partition coefficient (Wildman–Crippen LogP) is 3.65. The first-order valence-electron chi connectivity index (χ1n) is 8.79. The molecule has 0 saturated heterocycles. The first-order chi connectivity index (χ1) is 14.7. The molecule has 2 heterocycles. The molecule has 1 N–H and O–H groups in total. The van der Waals surface area contributed by atoms with Crippen molar-refractivity contribution < 1.29 is 23.5 Å². The topological polar surface area (TPSA) is 94.1 Å². The van der Waals surface area contributed by atoms with Crippen LogP contribution in [0, 0.1) is 0 Å². The third kappa shape index (κ3) is 4.02. The predicted molar refractivity (Wildman–Crippen MR) is 103 cm³/mol. The Hall–Kier alpha value is -4.08. The van der Waals surface area contributed by atoms with E-state index in [-0.39, 0.29) is 12.4 Å². The summed E-state index contributed by atoms with van der Waals surface area (Å²) in [5.41, 5.74) is 2.08. The van der Waals surface area contributed by atoms with Crippen LogP contribution in [-0.4, -0.2) is 43.7 Å². The van der Waals surface area contributed by atoms with Gasteiger partial charge in [-0.15, -0.1) is 10.2 Å². The van der Waals surface area contributed by atoms with Gasteiger partial charge in [-0.1, -0.05) is 35.5 Å². The van der Waals surface area contributed by atoms with Crippen LogP contribution in [0.3, 0.4) is 0 Å². The van der Waals surface area contributed by atoms with Crippen molar-refractivity contribution in [3.05, 3.63) is 72.6 Å². The molecule has 4 aromatic rings. The molecular formula is C20H15F2N5O3. The highest BCUT2D eigenvalue weighted by atomic mass is 19.3. The van der Waals surface area contributed by atoms with Crippen molar-refractivity contribution in [2.45, 2.75) is 6.61 Å². The minimum Gasteiger partial charge on any atom is -0.471 e. The van der Waals surface area contributed by atoms with E-state index in [1.807, 2.05) is 18.2 Å². The standard InChI is InChI=1S/C20H15F2N5O3/c21-20(22)30-15-8-6-14(7-9-15)19-25-24-17-10-23-11-18(27(17)19)29-12-16(26-28)13-4-2-1-3-5-13/h1-11,20,28H,12H2. The van der Waals surface area contributed by atoms with Gasteiger partial charge in [0.15, 0.2) is 11.5 Å². The molecule has 10 heteroatoms. The summed E-state index contributed by atoms with van der Waals surface area (Å²) in [5.74, 6) is 0.776. The lowest BCUT2D eigenvalue weighted by atomic mass is 10.1.